The molecular formula is C19H24N2O4. The molecule has 0 fully saturated rings. The first-order chi connectivity index (χ1) is 11.7. The van der Waals surface area contributed by atoms with Gasteiger partial charge in [-0.2, -0.15) is 0 Å². The average molecular weight is 344 g/mol. The molecule has 0 spiro atoms. The summed E-state index contributed by atoms with van der Waals surface area (Å²) >= 11 is 0. The smallest absolute Gasteiger partial charge is 0.313 e. The number of H-pyrrole nitrogens is 2. The zero-order chi connectivity index (χ0) is 18.4. The van der Waals surface area contributed by atoms with E-state index in [0.29, 0.717) is 11.3 Å². The Bertz CT molecular complexity index is 830. The van der Waals surface area contributed by atoms with E-state index in [2.05, 4.69) is 10.2 Å². The number of hydrogen-bond donors (Lipinski definition) is 3. The maximum Gasteiger partial charge on any atom is 0.313 e. The standard InChI is InChI=1S/C19H24N2O4/c1-10(2)25-18(23)16-14(12-7-5-11(3)6-8-12)15-13(9-19(16,4)24)20-21-17(15)22/h5-8,10,14,16,24H,9H2,1-4H3,(H2,20,21,22)/t14-,16-,19-/m0/s1. The van der Waals surface area contributed by atoms with E-state index in [1.807, 2.05) is 31.2 Å². The molecule has 1 aromatic heterocycles. The lowest BCUT2D eigenvalue weighted by Gasteiger charge is -2.40. The van der Waals surface area contributed by atoms with Gasteiger partial charge in [0.05, 0.1) is 17.6 Å². The minimum absolute atomic E-state index is 0.182. The van der Waals surface area contributed by atoms with E-state index in [0.717, 1.165) is 11.1 Å². The minimum atomic E-state index is -1.33. The molecule has 3 atom stereocenters. The molecule has 3 N–H and O–H groups in total. The van der Waals surface area contributed by atoms with Crippen molar-refractivity contribution in [2.24, 2.45) is 5.92 Å². The van der Waals surface area contributed by atoms with Crippen LogP contribution >= 0.6 is 0 Å². The number of esters is 1. The van der Waals surface area contributed by atoms with Crippen LogP contribution in [0.15, 0.2) is 29.1 Å². The minimum Gasteiger partial charge on any atom is -0.463 e. The third kappa shape index (κ3) is 3.14. The zero-order valence-electron chi connectivity index (χ0n) is 14.9. The van der Waals surface area contributed by atoms with E-state index < -0.39 is 23.4 Å². The normalized spacial score (nSPS) is 25.7. The topological polar surface area (TPSA) is 95.2 Å². The van der Waals surface area contributed by atoms with Crippen molar-refractivity contribution in [3.05, 3.63) is 57.0 Å². The molecular weight excluding hydrogens is 320 g/mol. The predicted octanol–water partition coefficient (Wildman–Crippen LogP) is 2.02. The highest BCUT2D eigenvalue weighted by Crippen LogP contribution is 2.44. The molecule has 3 rings (SSSR count). The number of aromatic nitrogens is 2. The second-order valence-electron chi connectivity index (χ2n) is 7.36. The van der Waals surface area contributed by atoms with Gasteiger partial charge in [0.25, 0.3) is 5.56 Å². The molecule has 25 heavy (non-hydrogen) atoms. The molecule has 0 saturated heterocycles. The van der Waals surface area contributed by atoms with Crippen LogP contribution in [-0.4, -0.2) is 33.0 Å². The van der Waals surface area contributed by atoms with Crippen molar-refractivity contribution in [1.29, 1.82) is 0 Å². The van der Waals surface area contributed by atoms with Gasteiger partial charge >= 0.3 is 5.97 Å². The van der Waals surface area contributed by atoms with Crippen LogP contribution < -0.4 is 5.56 Å². The number of nitrogens with one attached hydrogen (secondary N) is 2. The van der Waals surface area contributed by atoms with Crippen LogP contribution in [0.3, 0.4) is 0 Å². The Balaban J connectivity index is 2.18. The van der Waals surface area contributed by atoms with Gasteiger partial charge < -0.3 is 14.9 Å². The summed E-state index contributed by atoms with van der Waals surface area (Å²) < 4.78 is 5.41. The van der Waals surface area contributed by atoms with Gasteiger partial charge in [0.15, 0.2) is 0 Å². The van der Waals surface area contributed by atoms with Crippen LogP contribution in [0.2, 0.25) is 0 Å². The SMILES string of the molecule is Cc1ccc([C@H]2c3c([nH][nH]c3=O)C[C@](C)(O)[C@@H]2C(=O)OC(C)C)cc1. The van der Waals surface area contributed by atoms with Gasteiger partial charge in [-0.15, -0.1) is 0 Å². The number of aliphatic hydroxyl groups is 1. The van der Waals surface area contributed by atoms with Crippen LogP contribution in [0, 0.1) is 12.8 Å². The number of ether oxygens (including phenoxy) is 1. The average Bonchev–Trinajstić information content (AvgIpc) is 2.85. The fourth-order valence-corrected chi connectivity index (χ4v) is 3.69. The van der Waals surface area contributed by atoms with E-state index in [1.165, 1.54) is 0 Å². The van der Waals surface area contributed by atoms with Crippen molar-refractivity contribution >= 4 is 5.97 Å². The first-order valence-corrected chi connectivity index (χ1v) is 8.49. The van der Waals surface area contributed by atoms with Crippen molar-refractivity contribution < 1.29 is 14.6 Å². The molecule has 2 aromatic rings. The molecule has 6 heteroatoms. The molecule has 134 valence electrons. The van der Waals surface area contributed by atoms with E-state index in [-0.39, 0.29) is 18.1 Å². The van der Waals surface area contributed by atoms with Crippen LogP contribution in [0.5, 0.6) is 0 Å². The summed E-state index contributed by atoms with van der Waals surface area (Å²) in [5.41, 5.74) is 1.42. The van der Waals surface area contributed by atoms with Crippen LogP contribution in [0.4, 0.5) is 0 Å². The first-order valence-electron chi connectivity index (χ1n) is 8.49. The highest BCUT2D eigenvalue weighted by molar-refractivity contribution is 5.77. The maximum atomic E-state index is 12.8. The maximum absolute atomic E-state index is 12.8. The quantitative estimate of drug-likeness (QED) is 0.742. The fourth-order valence-electron chi connectivity index (χ4n) is 3.69. The summed E-state index contributed by atoms with van der Waals surface area (Å²) in [6.45, 7) is 7.13. The molecule has 1 aliphatic rings. The summed E-state index contributed by atoms with van der Waals surface area (Å²) in [6, 6.07) is 7.66. The van der Waals surface area contributed by atoms with Crippen molar-refractivity contribution in [2.75, 3.05) is 0 Å². The van der Waals surface area contributed by atoms with Crippen molar-refractivity contribution in [3.63, 3.8) is 0 Å². The molecule has 0 bridgehead atoms. The summed E-state index contributed by atoms with van der Waals surface area (Å²) in [5, 5.41) is 16.5. The van der Waals surface area contributed by atoms with Crippen molar-refractivity contribution in [2.45, 2.75) is 51.7 Å². The first kappa shape index (κ1) is 17.5. The lowest BCUT2D eigenvalue weighted by molar-refractivity contribution is -0.163. The van der Waals surface area contributed by atoms with Gasteiger partial charge in [-0.3, -0.25) is 14.7 Å². The molecule has 0 amide bonds. The van der Waals surface area contributed by atoms with Crippen molar-refractivity contribution in [1.82, 2.24) is 10.2 Å². The van der Waals surface area contributed by atoms with Crippen LogP contribution in [0.1, 0.15) is 49.1 Å². The lowest BCUT2D eigenvalue weighted by atomic mass is 9.66. The van der Waals surface area contributed by atoms with E-state index in [4.69, 9.17) is 4.74 Å². The molecule has 1 aromatic carbocycles. The highest BCUT2D eigenvalue weighted by atomic mass is 16.5. The molecule has 1 heterocycles. The lowest BCUT2D eigenvalue weighted by Crippen LogP contribution is -2.50. The van der Waals surface area contributed by atoms with Gasteiger partial charge in [0.1, 0.15) is 0 Å². The number of aryl methyl sites for hydroxylation is 1. The zero-order valence-corrected chi connectivity index (χ0v) is 14.9. The van der Waals surface area contributed by atoms with Crippen molar-refractivity contribution in [3.8, 4) is 0 Å². The Hall–Kier alpha value is -2.34. The Labute approximate surface area is 146 Å². The van der Waals surface area contributed by atoms with Crippen LogP contribution in [-0.2, 0) is 16.0 Å². The van der Waals surface area contributed by atoms with E-state index in [9.17, 15) is 14.7 Å². The van der Waals surface area contributed by atoms with E-state index >= 15 is 0 Å². The second-order valence-corrected chi connectivity index (χ2v) is 7.36. The van der Waals surface area contributed by atoms with Gasteiger partial charge in [-0.05, 0) is 33.3 Å². The predicted molar refractivity (Wildman–Crippen MR) is 93.5 cm³/mol. The number of hydrogen-bond acceptors (Lipinski definition) is 4. The number of aromatic amines is 2. The van der Waals surface area contributed by atoms with Gasteiger partial charge in [-0.1, -0.05) is 29.8 Å². The van der Waals surface area contributed by atoms with E-state index in [1.54, 1.807) is 20.8 Å². The summed E-state index contributed by atoms with van der Waals surface area (Å²) in [4.78, 5) is 25.2. The van der Waals surface area contributed by atoms with Gasteiger partial charge in [0, 0.05) is 23.6 Å². The monoisotopic (exact) mass is 344 g/mol. The number of rotatable bonds is 3. The summed E-state index contributed by atoms with van der Waals surface area (Å²) in [7, 11) is 0. The summed E-state index contributed by atoms with van der Waals surface area (Å²) in [5.74, 6) is -1.92. The molecule has 0 aliphatic heterocycles. The number of carbonyl (C=O) groups excluding carboxylic acids is 1. The Morgan fingerprint density at radius 1 is 1.28 bits per heavy atom. The van der Waals surface area contributed by atoms with Gasteiger partial charge in [0.2, 0.25) is 0 Å². The molecule has 0 saturated carbocycles. The number of benzene rings is 1. The largest absolute Gasteiger partial charge is 0.463 e. The van der Waals surface area contributed by atoms with Gasteiger partial charge in [-0.25, -0.2) is 0 Å². The molecule has 0 radical (unpaired) electrons. The number of carbonyl (C=O) groups is 1. The third-order valence-corrected chi connectivity index (χ3v) is 4.79. The Morgan fingerprint density at radius 3 is 2.52 bits per heavy atom. The molecule has 1 aliphatic carbocycles. The molecule has 0 unspecified atom stereocenters. The Morgan fingerprint density at radius 2 is 1.92 bits per heavy atom. The summed E-state index contributed by atoms with van der Waals surface area (Å²) in [6.07, 6.45) is -0.116. The second kappa shape index (κ2) is 6.19. The Kier molecular flexibility index (Phi) is 4.33. The fraction of sp³-hybridized carbons (Fsp3) is 0.474. The highest BCUT2D eigenvalue weighted by Gasteiger charge is 2.51. The molecule has 6 nitrogen and oxygen atoms in total. The van der Waals surface area contributed by atoms with Crippen LogP contribution in [0.25, 0.3) is 0 Å². The third-order valence-electron chi connectivity index (χ3n) is 4.79. The number of fused-ring (bicyclic) bond motifs is 1.